The number of hydrogen-bond donors (Lipinski definition) is 2. The molecule has 0 unspecified atom stereocenters. The Morgan fingerprint density at radius 3 is 2.65 bits per heavy atom. The Kier molecular flexibility index (Phi) is 4.59. The first-order chi connectivity index (χ1) is 7.92. The minimum absolute atomic E-state index is 0.0348. The largest absolute Gasteiger partial charge is 0.504 e. The van der Waals surface area contributed by atoms with Gasteiger partial charge in [-0.1, -0.05) is 6.07 Å². The third kappa shape index (κ3) is 4.92. The number of phenols is 1. The summed E-state index contributed by atoms with van der Waals surface area (Å²) in [6, 6.07) is 4.43. The number of alkyl halides is 3. The van der Waals surface area contributed by atoms with Gasteiger partial charge in [-0.05, 0) is 17.7 Å². The van der Waals surface area contributed by atoms with Crippen molar-refractivity contribution in [3.05, 3.63) is 23.8 Å². The lowest BCUT2D eigenvalue weighted by molar-refractivity contribution is -0.190. The molecule has 0 aromatic heterocycles. The van der Waals surface area contributed by atoms with Gasteiger partial charge in [0.2, 0.25) is 0 Å². The van der Waals surface area contributed by atoms with E-state index < -0.39 is 12.8 Å². The van der Waals surface area contributed by atoms with Crippen LogP contribution in [0, 0.1) is 0 Å². The summed E-state index contributed by atoms with van der Waals surface area (Å²) in [7, 11) is 1.38. The van der Waals surface area contributed by atoms with Crippen LogP contribution in [0.3, 0.4) is 0 Å². The van der Waals surface area contributed by atoms with Gasteiger partial charge in [0.15, 0.2) is 18.1 Å². The lowest BCUT2D eigenvalue weighted by Gasteiger charge is -2.09. The van der Waals surface area contributed by atoms with Crippen LogP contribution in [0.15, 0.2) is 18.2 Å². The van der Waals surface area contributed by atoms with E-state index in [1.54, 1.807) is 6.07 Å². The minimum Gasteiger partial charge on any atom is -0.504 e. The maximum atomic E-state index is 11.7. The average molecular weight is 251 g/mol. The molecule has 96 valence electrons. The highest BCUT2D eigenvalue weighted by molar-refractivity contribution is 5.41. The van der Waals surface area contributed by atoms with Crippen molar-refractivity contribution in [1.29, 1.82) is 0 Å². The average Bonchev–Trinajstić information content (AvgIpc) is 2.25. The molecule has 0 heterocycles. The summed E-state index contributed by atoms with van der Waals surface area (Å²) in [6.45, 7) is -1.28. The van der Waals surface area contributed by atoms with E-state index >= 15 is 0 Å². The quantitative estimate of drug-likeness (QED) is 0.620. The molecule has 0 aliphatic heterocycles. The Bertz CT molecular complexity index is 368. The SMILES string of the molecule is COc1cc(CNOCC(F)(F)F)ccc1O. The second kappa shape index (κ2) is 5.74. The number of ether oxygens (including phenoxy) is 1. The van der Waals surface area contributed by atoms with Gasteiger partial charge in [-0.3, -0.25) is 4.84 Å². The highest BCUT2D eigenvalue weighted by Gasteiger charge is 2.27. The van der Waals surface area contributed by atoms with Crippen LogP contribution in [0.5, 0.6) is 11.5 Å². The van der Waals surface area contributed by atoms with Crippen LogP contribution in [0.1, 0.15) is 5.56 Å². The topological polar surface area (TPSA) is 50.7 Å². The van der Waals surface area contributed by atoms with Crippen molar-refractivity contribution in [1.82, 2.24) is 5.48 Å². The number of aromatic hydroxyl groups is 1. The van der Waals surface area contributed by atoms with E-state index in [0.29, 0.717) is 5.56 Å². The lowest BCUT2D eigenvalue weighted by atomic mass is 10.2. The standard InChI is InChI=1S/C10H12F3NO3/c1-16-9-4-7(2-3-8(9)15)5-14-17-6-10(11,12)13/h2-4,14-15H,5-6H2,1H3. The van der Waals surface area contributed by atoms with Crippen molar-refractivity contribution >= 4 is 0 Å². The van der Waals surface area contributed by atoms with Gasteiger partial charge in [0.1, 0.15) is 0 Å². The number of phenolic OH excluding ortho intramolecular Hbond substituents is 1. The van der Waals surface area contributed by atoms with E-state index in [1.807, 2.05) is 0 Å². The normalized spacial score (nSPS) is 11.5. The van der Waals surface area contributed by atoms with E-state index in [9.17, 15) is 18.3 Å². The Morgan fingerprint density at radius 2 is 2.06 bits per heavy atom. The summed E-state index contributed by atoms with van der Waals surface area (Å²) < 4.78 is 40.1. The van der Waals surface area contributed by atoms with Gasteiger partial charge in [-0.2, -0.15) is 18.7 Å². The number of halogens is 3. The van der Waals surface area contributed by atoms with Crippen molar-refractivity contribution in [3.63, 3.8) is 0 Å². The molecular weight excluding hydrogens is 239 g/mol. The highest BCUT2D eigenvalue weighted by atomic mass is 19.4. The molecule has 4 nitrogen and oxygen atoms in total. The molecule has 0 fully saturated rings. The third-order valence-corrected chi connectivity index (χ3v) is 1.86. The zero-order valence-electron chi connectivity index (χ0n) is 9.04. The summed E-state index contributed by atoms with van der Waals surface area (Å²) in [6.07, 6.45) is -4.36. The Labute approximate surface area is 95.9 Å². The van der Waals surface area contributed by atoms with E-state index in [0.717, 1.165) is 0 Å². The second-order valence-corrected chi connectivity index (χ2v) is 3.23. The predicted octanol–water partition coefficient (Wildman–Crippen LogP) is 1.98. The zero-order chi connectivity index (χ0) is 12.9. The fourth-order valence-electron chi connectivity index (χ4n) is 1.10. The third-order valence-electron chi connectivity index (χ3n) is 1.86. The van der Waals surface area contributed by atoms with Crippen LogP contribution in [0.2, 0.25) is 0 Å². The Balaban J connectivity index is 2.42. The smallest absolute Gasteiger partial charge is 0.413 e. The van der Waals surface area contributed by atoms with Crippen LogP contribution < -0.4 is 10.2 Å². The van der Waals surface area contributed by atoms with Crippen LogP contribution in [0.4, 0.5) is 13.2 Å². The highest BCUT2D eigenvalue weighted by Crippen LogP contribution is 2.26. The zero-order valence-corrected chi connectivity index (χ0v) is 9.04. The van der Waals surface area contributed by atoms with Crippen LogP contribution in [-0.4, -0.2) is 25.0 Å². The molecule has 7 heteroatoms. The fraction of sp³-hybridized carbons (Fsp3) is 0.400. The van der Waals surface area contributed by atoms with Gasteiger partial charge < -0.3 is 9.84 Å². The molecule has 1 aromatic rings. The van der Waals surface area contributed by atoms with Crippen molar-refractivity contribution in [2.24, 2.45) is 0 Å². The number of methoxy groups -OCH3 is 1. The van der Waals surface area contributed by atoms with Gasteiger partial charge in [0.05, 0.1) is 7.11 Å². The molecule has 0 aliphatic rings. The number of rotatable bonds is 5. The van der Waals surface area contributed by atoms with Gasteiger partial charge >= 0.3 is 6.18 Å². The van der Waals surface area contributed by atoms with Crippen molar-refractivity contribution in [3.8, 4) is 11.5 Å². The maximum absolute atomic E-state index is 11.7. The molecule has 0 radical (unpaired) electrons. The first-order valence-electron chi connectivity index (χ1n) is 4.69. The summed E-state index contributed by atoms with van der Waals surface area (Å²) >= 11 is 0. The van der Waals surface area contributed by atoms with Gasteiger partial charge in [0.25, 0.3) is 0 Å². The molecule has 17 heavy (non-hydrogen) atoms. The number of benzene rings is 1. The molecule has 1 aromatic carbocycles. The minimum atomic E-state index is -4.36. The van der Waals surface area contributed by atoms with E-state index in [4.69, 9.17) is 4.74 Å². The fourth-order valence-corrected chi connectivity index (χ4v) is 1.10. The molecule has 0 aliphatic carbocycles. The molecule has 0 atom stereocenters. The maximum Gasteiger partial charge on any atom is 0.413 e. The Hall–Kier alpha value is -1.47. The summed E-state index contributed by atoms with van der Waals surface area (Å²) in [5.74, 6) is 0.215. The van der Waals surface area contributed by atoms with Gasteiger partial charge in [-0.15, -0.1) is 0 Å². The summed E-state index contributed by atoms with van der Waals surface area (Å²) in [4.78, 5) is 4.23. The van der Waals surface area contributed by atoms with Crippen molar-refractivity contribution in [2.45, 2.75) is 12.7 Å². The van der Waals surface area contributed by atoms with E-state index in [-0.39, 0.29) is 18.0 Å². The van der Waals surface area contributed by atoms with Crippen LogP contribution in [0.25, 0.3) is 0 Å². The summed E-state index contributed by atoms with van der Waals surface area (Å²) in [5, 5.41) is 9.29. The number of hydroxylamine groups is 1. The van der Waals surface area contributed by atoms with E-state index in [2.05, 4.69) is 10.3 Å². The molecule has 2 N–H and O–H groups in total. The molecule has 0 bridgehead atoms. The lowest BCUT2D eigenvalue weighted by Crippen LogP contribution is -2.24. The molecule has 0 saturated carbocycles. The predicted molar refractivity (Wildman–Crippen MR) is 53.5 cm³/mol. The molecule has 0 saturated heterocycles. The van der Waals surface area contributed by atoms with Crippen molar-refractivity contribution < 1.29 is 27.9 Å². The Morgan fingerprint density at radius 1 is 1.35 bits per heavy atom. The first kappa shape index (κ1) is 13.6. The summed E-state index contributed by atoms with van der Waals surface area (Å²) in [5.41, 5.74) is 2.80. The van der Waals surface area contributed by atoms with Crippen molar-refractivity contribution in [2.75, 3.05) is 13.7 Å². The van der Waals surface area contributed by atoms with Gasteiger partial charge in [-0.25, -0.2) is 0 Å². The number of nitrogens with one attached hydrogen (secondary N) is 1. The van der Waals surface area contributed by atoms with E-state index in [1.165, 1.54) is 19.2 Å². The van der Waals surface area contributed by atoms with Gasteiger partial charge in [0, 0.05) is 6.54 Å². The molecule has 0 spiro atoms. The van der Waals surface area contributed by atoms with Crippen LogP contribution >= 0.6 is 0 Å². The van der Waals surface area contributed by atoms with Crippen LogP contribution in [-0.2, 0) is 11.4 Å². The molecule has 1 rings (SSSR count). The molecular formula is C10H12F3NO3. The number of hydrogen-bond acceptors (Lipinski definition) is 4. The molecule has 0 amide bonds. The monoisotopic (exact) mass is 251 g/mol. The second-order valence-electron chi connectivity index (χ2n) is 3.23. The first-order valence-corrected chi connectivity index (χ1v) is 4.69.